The average Bonchev–Trinajstić information content (AvgIpc) is 2.31. The van der Waals surface area contributed by atoms with Gasteiger partial charge in [0.05, 0.1) is 0 Å². The number of carboxylic acids is 1. The number of rotatable bonds is 7. The molecule has 4 nitrogen and oxygen atoms in total. The summed E-state index contributed by atoms with van der Waals surface area (Å²) in [4.78, 5) is 22.1. The summed E-state index contributed by atoms with van der Waals surface area (Å²) in [5, 5.41) is 12.0. The molecule has 19 heavy (non-hydrogen) atoms. The summed E-state index contributed by atoms with van der Waals surface area (Å²) in [5.41, 5.74) is 0.419. The van der Waals surface area contributed by atoms with Gasteiger partial charge in [-0.25, -0.2) is 0 Å². The Bertz CT molecular complexity index is 443. The Morgan fingerprint density at radius 2 is 1.68 bits per heavy atom. The first kappa shape index (κ1) is 15.8. The molecule has 1 aromatic carbocycles. The zero-order valence-corrected chi connectivity index (χ0v) is 11.8. The van der Waals surface area contributed by atoms with Crippen molar-refractivity contribution in [3.63, 3.8) is 0 Å². The van der Waals surface area contributed by atoms with Gasteiger partial charge in [0, 0.05) is 28.6 Å². The minimum absolute atomic E-state index is 0.165. The summed E-state index contributed by atoms with van der Waals surface area (Å²) in [6, 6.07) is 4.66. The number of benzene rings is 1. The second-order valence-corrected chi connectivity index (χ2v) is 4.99. The molecule has 0 bridgehead atoms. The van der Waals surface area contributed by atoms with Crippen LogP contribution >= 0.6 is 23.2 Å². The summed E-state index contributed by atoms with van der Waals surface area (Å²) in [5.74, 6) is -1.03. The van der Waals surface area contributed by atoms with Gasteiger partial charge in [0.2, 0.25) is 0 Å². The second kappa shape index (κ2) is 8.02. The SMILES string of the molecule is O=C(O)CCCCCNC(=O)c1cc(Cl)cc(Cl)c1. The lowest BCUT2D eigenvalue weighted by Gasteiger charge is -2.06. The number of carbonyl (C=O) groups excluding carboxylic acids is 1. The topological polar surface area (TPSA) is 66.4 Å². The van der Waals surface area contributed by atoms with Crippen molar-refractivity contribution in [2.45, 2.75) is 25.7 Å². The van der Waals surface area contributed by atoms with E-state index in [9.17, 15) is 9.59 Å². The van der Waals surface area contributed by atoms with Gasteiger partial charge in [0.25, 0.3) is 5.91 Å². The van der Waals surface area contributed by atoms with Crippen LogP contribution in [0.25, 0.3) is 0 Å². The minimum atomic E-state index is -0.794. The lowest BCUT2D eigenvalue weighted by molar-refractivity contribution is -0.137. The zero-order chi connectivity index (χ0) is 14.3. The van der Waals surface area contributed by atoms with Crippen LogP contribution in [0.2, 0.25) is 10.0 Å². The Labute approximate surface area is 121 Å². The number of halogens is 2. The number of carboxylic acid groups (broad SMARTS) is 1. The number of hydrogen-bond acceptors (Lipinski definition) is 2. The molecular formula is C13H15Cl2NO3. The molecule has 0 aliphatic heterocycles. The Morgan fingerprint density at radius 1 is 1.05 bits per heavy atom. The van der Waals surface area contributed by atoms with E-state index < -0.39 is 5.97 Å². The fourth-order valence-corrected chi connectivity index (χ4v) is 2.09. The smallest absolute Gasteiger partial charge is 0.303 e. The predicted octanol–water partition coefficient (Wildman–Crippen LogP) is 3.37. The van der Waals surface area contributed by atoms with Crippen molar-refractivity contribution >= 4 is 35.1 Å². The fourth-order valence-electron chi connectivity index (χ4n) is 1.57. The molecule has 0 fully saturated rings. The van der Waals surface area contributed by atoms with Crippen LogP contribution < -0.4 is 5.32 Å². The lowest BCUT2D eigenvalue weighted by atomic mass is 10.2. The number of aliphatic carboxylic acids is 1. The first-order chi connectivity index (χ1) is 8.99. The quantitative estimate of drug-likeness (QED) is 0.759. The molecule has 1 aromatic rings. The Morgan fingerprint density at radius 3 is 2.26 bits per heavy atom. The fraction of sp³-hybridized carbons (Fsp3) is 0.385. The molecule has 0 atom stereocenters. The third-order valence-electron chi connectivity index (χ3n) is 2.48. The van der Waals surface area contributed by atoms with Crippen molar-refractivity contribution < 1.29 is 14.7 Å². The summed E-state index contributed by atoms with van der Waals surface area (Å²) < 4.78 is 0. The number of nitrogens with one attached hydrogen (secondary N) is 1. The lowest BCUT2D eigenvalue weighted by Crippen LogP contribution is -2.24. The molecule has 0 saturated heterocycles. The van der Waals surface area contributed by atoms with Gasteiger partial charge in [-0.05, 0) is 31.0 Å². The summed E-state index contributed by atoms with van der Waals surface area (Å²) in [6.45, 7) is 0.503. The maximum Gasteiger partial charge on any atom is 0.303 e. The highest BCUT2D eigenvalue weighted by Gasteiger charge is 2.07. The van der Waals surface area contributed by atoms with E-state index in [1.807, 2.05) is 0 Å². The van der Waals surface area contributed by atoms with E-state index in [2.05, 4.69) is 5.32 Å². The van der Waals surface area contributed by atoms with Gasteiger partial charge >= 0.3 is 5.97 Å². The summed E-state index contributed by atoms with van der Waals surface area (Å²) >= 11 is 11.6. The van der Waals surface area contributed by atoms with Gasteiger partial charge in [-0.3, -0.25) is 9.59 Å². The number of hydrogen-bond donors (Lipinski definition) is 2. The van der Waals surface area contributed by atoms with Crippen molar-refractivity contribution in [3.05, 3.63) is 33.8 Å². The van der Waals surface area contributed by atoms with Crippen LogP contribution in [-0.4, -0.2) is 23.5 Å². The predicted molar refractivity (Wildman–Crippen MR) is 74.9 cm³/mol. The van der Waals surface area contributed by atoms with Crippen molar-refractivity contribution in [1.29, 1.82) is 0 Å². The van der Waals surface area contributed by atoms with Gasteiger partial charge in [-0.1, -0.05) is 29.6 Å². The van der Waals surface area contributed by atoms with Crippen LogP contribution in [0.3, 0.4) is 0 Å². The molecule has 0 spiro atoms. The summed E-state index contributed by atoms with van der Waals surface area (Å²) in [6.07, 6.45) is 2.29. The molecule has 0 aliphatic rings. The first-order valence-electron chi connectivity index (χ1n) is 5.95. The zero-order valence-electron chi connectivity index (χ0n) is 10.3. The molecule has 1 rings (SSSR count). The number of carbonyl (C=O) groups is 2. The number of amides is 1. The van der Waals surface area contributed by atoms with Crippen LogP contribution in [-0.2, 0) is 4.79 Å². The van der Waals surface area contributed by atoms with Crippen LogP contribution in [0.4, 0.5) is 0 Å². The molecule has 0 aromatic heterocycles. The molecule has 0 heterocycles. The maximum absolute atomic E-state index is 11.8. The molecule has 6 heteroatoms. The van der Waals surface area contributed by atoms with E-state index in [0.717, 1.165) is 12.8 Å². The van der Waals surface area contributed by atoms with Gasteiger partial charge in [0.1, 0.15) is 0 Å². The van der Waals surface area contributed by atoms with Crippen LogP contribution in [0.5, 0.6) is 0 Å². The Kier molecular flexibility index (Phi) is 6.67. The van der Waals surface area contributed by atoms with Crippen LogP contribution in [0.15, 0.2) is 18.2 Å². The molecule has 0 radical (unpaired) electrons. The van der Waals surface area contributed by atoms with Crippen molar-refractivity contribution in [2.75, 3.05) is 6.54 Å². The Hall–Kier alpha value is -1.26. The van der Waals surface area contributed by atoms with Gasteiger partial charge in [-0.15, -0.1) is 0 Å². The van der Waals surface area contributed by atoms with E-state index in [1.165, 1.54) is 0 Å². The van der Waals surface area contributed by atoms with E-state index in [4.69, 9.17) is 28.3 Å². The monoisotopic (exact) mass is 303 g/mol. The summed E-state index contributed by atoms with van der Waals surface area (Å²) in [7, 11) is 0. The molecule has 0 aliphatic carbocycles. The van der Waals surface area contributed by atoms with E-state index in [1.54, 1.807) is 18.2 Å². The second-order valence-electron chi connectivity index (χ2n) is 4.12. The van der Waals surface area contributed by atoms with E-state index in [0.29, 0.717) is 28.6 Å². The highest BCUT2D eigenvalue weighted by Crippen LogP contribution is 2.18. The van der Waals surface area contributed by atoms with Crippen molar-refractivity contribution in [2.24, 2.45) is 0 Å². The van der Waals surface area contributed by atoms with Crippen molar-refractivity contribution in [3.8, 4) is 0 Å². The highest BCUT2D eigenvalue weighted by atomic mass is 35.5. The molecule has 104 valence electrons. The third-order valence-corrected chi connectivity index (χ3v) is 2.91. The number of unbranched alkanes of at least 4 members (excludes halogenated alkanes) is 2. The normalized spacial score (nSPS) is 10.2. The van der Waals surface area contributed by atoms with Crippen molar-refractivity contribution in [1.82, 2.24) is 5.32 Å². The van der Waals surface area contributed by atoms with Gasteiger partial charge in [-0.2, -0.15) is 0 Å². The molecule has 0 unspecified atom stereocenters. The standard InChI is InChI=1S/C13H15Cl2NO3/c14-10-6-9(7-11(15)8-10)13(19)16-5-3-1-2-4-12(17)18/h6-8H,1-5H2,(H,16,19)(H,17,18). The molecule has 1 amide bonds. The van der Waals surface area contributed by atoms with Gasteiger partial charge in [0.15, 0.2) is 0 Å². The van der Waals surface area contributed by atoms with Gasteiger partial charge < -0.3 is 10.4 Å². The van der Waals surface area contributed by atoms with E-state index >= 15 is 0 Å². The third kappa shape index (κ3) is 6.45. The average molecular weight is 304 g/mol. The minimum Gasteiger partial charge on any atom is -0.481 e. The molecule has 2 N–H and O–H groups in total. The van der Waals surface area contributed by atoms with E-state index in [-0.39, 0.29) is 12.3 Å². The molecule has 0 saturated carbocycles. The van der Waals surface area contributed by atoms with Crippen LogP contribution in [0, 0.1) is 0 Å². The molecular weight excluding hydrogens is 289 g/mol. The Balaban J connectivity index is 2.29. The first-order valence-corrected chi connectivity index (χ1v) is 6.70. The van der Waals surface area contributed by atoms with Crippen LogP contribution in [0.1, 0.15) is 36.0 Å². The highest BCUT2D eigenvalue weighted by molar-refractivity contribution is 6.35. The largest absolute Gasteiger partial charge is 0.481 e. The maximum atomic E-state index is 11.8.